The average molecular weight is 502 g/mol. The molecular weight excluding hydrogens is 479 g/mol. The van der Waals surface area contributed by atoms with Crippen molar-refractivity contribution in [2.45, 2.75) is 39.0 Å². The standard InChI is InChI=1S/C25H22F3N3O3S/c1-3-19(22(32)29-14-16-9-7-15(2)8-10-16)31-20-11-12-35-21(20)23(33)30(24(31)34)18-6-4-5-17(13-18)25(26,27)28/h4-13,19H,3,14H2,1-2H3,(H,29,32). The predicted octanol–water partition coefficient (Wildman–Crippen LogP) is 4.81. The van der Waals surface area contributed by atoms with Crippen LogP contribution in [0.5, 0.6) is 0 Å². The van der Waals surface area contributed by atoms with Crippen LogP contribution in [0.15, 0.2) is 69.6 Å². The Kier molecular flexibility index (Phi) is 6.66. The minimum atomic E-state index is -4.65. The van der Waals surface area contributed by atoms with Crippen molar-refractivity contribution in [3.63, 3.8) is 0 Å². The number of aromatic nitrogens is 2. The molecule has 0 spiro atoms. The van der Waals surface area contributed by atoms with Crippen LogP contribution in [0.2, 0.25) is 0 Å². The van der Waals surface area contributed by atoms with Crippen LogP contribution in [0, 0.1) is 6.92 Å². The van der Waals surface area contributed by atoms with Gasteiger partial charge in [0.1, 0.15) is 10.7 Å². The Balaban J connectivity index is 1.81. The summed E-state index contributed by atoms with van der Waals surface area (Å²) >= 11 is 1.06. The van der Waals surface area contributed by atoms with Gasteiger partial charge in [0.25, 0.3) is 5.56 Å². The van der Waals surface area contributed by atoms with Crippen molar-refractivity contribution < 1.29 is 18.0 Å². The van der Waals surface area contributed by atoms with Crippen LogP contribution in [0.4, 0.5) is 13.2 Å². The van der Waals surface area contributed by atoms with Gasteiger partial charge in [-0.15, -0.1) is 11.3 Å². The van der Waals surface area contributed by atoms with Gasteiger partial charge in [-0.1, -0.05) is 42.8 Å². The van der Waals surface area contributed by atoms with Crippen LogP contribution in [-0.2, 0) is 17.5 Å². The monoisotopic (exact) mass is 501 g/mol. The van der Waals surface area contributed by atoms with E-state index in [1.165, 1.54) is 10.6 Å². The molecule has 10 heteroatoms. The number of thiophene rings is 1. The molecule has 1 unspecified atom stereocenters. The van der Waals surface area contributed by atoms with Gasteiger partial charge < -0.3 is 5.32 Å². The Hall–Kier alpha value is -3.66. The number of nitrogens with zero attached hydrogens (tertiary/aromatic N) is 2. The maximum absolute atomic E-state index is 13.5. The van der Waals surface area contributed by atoms with Gasteiger partial charge in [0.2, 0.25) is 5.91 Å². The number of nitrogens with one attached hydrogen (secondary N) is 1. The fraction of sp³-hybridized carbons (Fsp3) is 0.240. The molecule has 0 aliphatic carbocycles. The summed E-state index contributed by atoms with van der Waals surface area (Å²) < 4.78 is 41.9. The van der Waals surface area contributed by atoms with Gasteiger partial charge in [-0.05, 0) is 48.6 Å². The summed E-state index contributed by atoms with van der Waals surface area (Å²) in [6.07, 6.45) is -4.42. The third-order valence-corrected chi connectivity index (χ3v) is 6.61. The number of amides is 1. The second-order valence-electron chi connectivity index (χ2n) is 8.10. The highest BCUT2D eigenvalue weighted by Gasteiger charge is 2.31. The molecule has 1 N–H and O–H groups in total. The fourth-order valence-corrected chi connectivity index (χ4v) is 4.71. The molecule has 0 saturated carbocycles. The van der Waals surface area contributed by atoms with E-state index in [-0.39, 0.29) is 28.9 Å². The summed E-state index contributed by atoms with van der Waals surface area (Å²) in [6.45, 7) is 3.91. The highest BCUT2D eigenvalue weighted by Crippen LogP contribution is 2.30. The Morgan fingerprint density at radius 1 is 1.09 bits per heavy atom. The molecule has 2 aromatic heterocycles. The summed E-state index contributed by atoms with van der Waals surface area (Å²) in [5.74, 6) is -0.433. The summed E-state index contributed by atoms with van der Waals surface area (Å²) in [6, 6.07) is 12.2. The zero-order valence-electron chi connectivity index (χ0n) is 18.9. The number of alkyl halides is 3. The highest BCUT2D eigenvalue weighted by molar-refractivity contribution is 7.17. The van der Waals surface area contributed by atoms with Crippen LogP contribution >= 0.6 is 11.3 Å². The largest absolute Gasteiger partial charge is 0.416 e. The lowest BCUT2D eigenvalue weighted by molar-refractivity contribution is -0.137. The van der Waals surface area contributed by atoms with Crippen LogP contribution in [0.3, 0.4) is 0 Å². The van der Waals surface area contributed by atoms with Crippen LogP contribution < -0.4 is 16.6 Å². The number of carbonyl (C=O) groups is 1. The molecule has 35 heavy (non-hydrogen) atoms. The topological polar surface area (TPSA) is 73.1 Å². The molecule has 0 aliphatic heterocycles. The molecule has 182 valence electrons. The summed E-state index contributed by atoms with van der Waals surface area (Å²) in [7, 11) is 0. The number of hydrogen-bond acceptors (Lipinski definition) is 4. The predicted molar refractivity (Wildman–Crippen MR) is 129 cm³/mol. The second kappa shape index (κ2) is 9.53. The van der Waals surface area contributed by atoms with E-state index in [0.717, 1.165) is 40.7 Å². The van der Waals surface area contributed by atoms with Crippen molar-refractivity contribution in [1.82, 2.24) is 14.5 Å². The molecule has 0 saturated heterocycles. The normalized spacial score (nSPS) is 12.6. The molecule has 4 aromatic rings. The lowest BCUT2D eigenvalue weighted by Gasteiger charge is -2.21. The summed E-state index contributed by atoms with van der Waals surface area (Å²) in [5.41, 5.74) is -0.583. The molecule has 4 rings (SSSR count). The minimum absolute atomic E-state index is 0.173. The number of halogens is 3. The first-order valence-corrected chi connectivity index (χ1v) is 11.8. The molecule has 6 nitrogen and oxygen atoms in total. The number of hydrogen-bond donors (Lipinski definition) is 1. The first-order valence-electron chi connectivity index (χ1n) is 10.9. The minimum Gasteiger partial charge on any atom is -0.350 e. The van der Waals surface area contributed by atoms with Gasteiger partial charge >= 0.3 is 11.9 Å². The molecular formula is C25H22F3N3O3S. The fourth-order valence-electron chi connectivity index (χ4n) is 3.90. The molecule has 0 radical (unpaired) electrons. The number of benzene rings is 2. The second-order valence-corrected chi connectivity index (χ2v) is 9.02. The van der Waals surface area contributed by atoms with E-state index in [1.54, 1.807) is 18.4 Å². The van der Waals surface area contributed by atoms with Gasteiger partial charge in [0.15, 0.2) is 0 Å². The van der Waals surface area contributed by atoms with E-state index >= 15 is 0 Å². The van der Waals surface area contributed by atoms with Crippen molar-refractivity contribution in [1.29, 1.82) is 0 Å². The Morgan fingerprint density at radius 3 is 2.46 bits per heavy atom. The van der Waals surface area contributed by atoms with E-state index in [2.05, 4.69) is 5.32 Å². The lowest BCUT2D eigenvalue weighted by atomic mass is 10.1. The zero-order valence-corrected chi connectivity index (χ0v) is 19.7. The average Bonchev–Trinajstić information content (AvgIpc) is 3.31. The van der Waals surface area contributed by atoms with Crippen LogP contribution in [-0.4, -0.2) is 15.0 Å². The van der Waals surface area contributed by atoms with Crippen LogP contribution in [0.1, 0.15) is 36.1 Å². The van der Waals surface area contributed by atoms with Crippen molar-refractivity contribution in [2.24, 2.45) is 0 Å². The number of carbonyl (C=O) groups excluding carboxylic acids is 1. The number of fused-ring (bicyclic) bond motifs is 1. The molecule has 0 fully saturated rings. The van der Waals surface area contributed by atoms with Gasteiger partial charge in [0.05, 0.1) is 16.8 Å². The molecule has 2 heterocycles. The maximum Gasteiger partial charge on any atom is 0.416 e. The van der Waals surface area contributed by atoms with E-state index in [1.807, 2.05) is 31.2 Å². The summed E-state index contributed by atoms with van der Waals surface area (Å²) in [5, 5.41) is 4.43. The Morgan fingerprint density at radius 2 is 1.80 bits per heavy atom. The van der Waals surface area contributed by atoms with Crippen molar-refractivity contribution in [2.75, 3.05) is 0 Å². The Labute approximate surface area is 202 Å². The van der Waals surface area contributed by atoms with Crippen molar-refractivity contribution in [3.05, 3.63) is 97.5 Å². The lowest BCUT2D eigenvalue weighted by Crippen LogP contribution is -2.44. The summed E-state index contributed by atoms with van der Waals surface area (Å²) in [4.78, 5) is 39.8. The zero-order chi connectivity index (χ0) is 25.3. The first kappa shape index (κ1) is 24.5. The maximum atomic E-state index is 13.5. The highest BCUT2D eigenvalue weighted by atomic mass is 32.1. The molecule has 1 amide bonds. The number of aryl methyl sites for hydroxylation is 1. The van der Waals surface area contributed by atoms with Gasteiger partial charge in [-0.3, -0.25) is 14.2 Å². The van der Waals surface area contributed by atoms with E-state index in [0.29, 0.717) is 4.57 Å². The molecule has 0 aliphatic rings. The number of rotatable bonds is 6. The quantitative estimate of drug-likeness (QED) is 0.412. The first-order chi connectivity index (χ1) is 16.6. The van der Waals surface area contributed by atoms with E-state index in [9.17, 15) is 27.6 Å². The molecule has 2 aromatic carbocycles. The third kappa shape index (κ3) is 4.79. The van der Waals surface area contributed by atoms with Crippen molar-refractivity contribution >= 4 is 27.5 Å². The SMILES string of the molecule is CCC(C(=O)NCc1ccc(C)cc1)n1c(=O)n(-c2cccc(C(F)(F)F)c2)c(=O)c2sccc21. The van der Waals surface area contributed by atoms with E-state index < -0.39 is 34.9 Å². The molecule has 0 bridgehead atoms. The third-order valence-electron chi connectivity index (χ3n) is 5.72. The smallest absolute Gasteiger partial charge is 0.350 e. The van der Waals surface area contributed by atoms with Gasteiger partial charge in [-0.25, -0.2) is 9.36 Å². The van der Waals surface area contributed by atoms with Gasteiger partial charge in [-0.2, -0.15) is 13.2 Å². The van der Waals surface area contributed by atoms with E-state index in [4.69, 9.17) is 0 Å². The van der Waals surface area contributed by atoms with Crippen LogP contribution in [0.25, 0.3) is 15.9 Å². The van der Waals surface area contributed by atoms with Gasteiger partial charge in [0, 0.05) is 6.54 Å². The molecule has 1 atom stereocenters. The Bertz CT molecular complexity index is 1500. The van der Waals surface area contributed by atoms with Crippen molar-refractivity contribution in [3.8, 4) is 5.69 Å².